The van der Waals surface area contributed by atoms with Crippen molar-refractivity contribution in [3.05, 3.63) is 58.0 Å². The monoisotopic (exact) mass is 245 g/mol. The minimum absolute atomic E-state index is 0.202. The highest BCUT2D eigenvalue weighted by Crippen LogP contribution is 2.34. The fourth-order valence-electron chi connectivity index (χ4n) is 2.48. The number of aliphatic hydroxyl groups excluding tert-OH is 1. The Hall–Kier alpha value is -2.21. The van der Waals surface area contributed by atoms with Gasteiger partial charge in [0, 0.05) is 6.42 Å². The van der Waals surface area contributed by atoms with Crippen molar-refractivity contribution in [1.29, 1.82) is 0 Å². The van der Waals surface area contributed by atoms with E-state index in [0.717, 1.165) is 11.1 Å². The third kappa shape index (κ3) is 1.58. The van der Waals surface area contributed by atoms with Crippen molar-refractivity contribution in [2.75, 3.05) is 0 Å². The average Bonchev–Trinajstić information content (AvgIpc) is 2.91. The zero-order valence-electron chi connectivity index (χ0n) is 9.43. The Morgan fingerprint density at radius 3 is 2.94 bits per heavy atom. The van der Waals surface area contributed by atoms with Crippen molar-refractivity contribution in [2.24, 2.45) is 0 Å². The van der Waals surface area contributed by atoms with E-state index in [-0.39, 0.29) is 11.9 Å². The van der Waals surface area contributed by atoms with Crippen LogP contribution in [0.15, 0.2) is 36.8 Å². The largest absolute Gasteiger partial charge is 0.390 e. The van der Waals surface area contributed by atoms with Crippen LogP contribution in [0.3, 0.4) is 0 Å². The predicted molar refractivity (Wildman–Crippen MR) is 63.2 cm³/mol. The molecule has 0 amide bonds. The maximum absolute atomic E-state index is 10.6. The summed E-state index contributed by atoms with van der Waals surface area (Å²) in [6.45, 7) is 0. The molecule has 2 unspecified atom stereocenters. The fourth-order valence-corrected chi connectivity index (χ4v) is 2.48. The van der Waals surface area contributed by atoms with Crippen LogP contribution in [0.5, 0.6) is 0 Å². The molecule has 0 aliphatic heterocycles. The zero-order chi connectivity index (χ0) is 12.7. The van der Waals surface area contributed by atoms with Gasteiger partial charge in [-0.3, -0.25) is 0 Å². The van der Waals surface area contributed by atoms with Gasteiger partial charge in [-0.05, 0) is 21.0 Å². The summed E-state index contributed by atoms with van der Waals surface area (Å²) >= 11 is 0. The molecule has 2 aromatic rings. The standard InChI is InChI=1S/C12H11N3O3/c16-10-5-8-3-1-2-4-9(8)12(10)14-6-11(13-7-14)15(17)18/h1-4,6-7,10,12,16H,5H2. The van der Waals surface area contributed by atoms with Gasteiger partial charge in [0.25, 0.3) is 0 Å². The lowest BCUT2D eigenvalue weighted by Gasteiger charge is -2.15. The number of rotatable bonds is 2. The maximum Gasteiger partial charge on any atom is 0.381 e. The number of benzene rings is 1. The van der Waals surface area contributed by atoms with Gasteiger partial charge in [0.1, 0.15) is 6.20 Å². The molecular formula is C12H11N3O3. The number of nitrogens with zero attached hydrogens (tertiary/aromatic N) is 3. The summed E-state index contributed by atoms with van der Waals surface area (Å²) in [5.41, 5.74) is 2.07. The van der Waals surface area contributed by atoms with Crippen molar-refractivity contribution < 1.29 is 10.0 Å². The molecular weight excluding hydrogens is 234 g/mol. The molecule has 1 aliphatic carbocycles. The minimum Gasteiger partial charge on any atom is -0.390 e. The molecule has 1 N–H and O–H groups in total. The van der Waals surface area contributed by atoms with Crippen LogP contribution >= 0.6 is 0 Å². The quantitative estimate of drug-likeness (QED) is 0.638. The zero-order valence-corrected chi connectivity index (χ0v) is 9.43. The highest BCUT2D eigenvalue weighted by atomic mass is 16.6. The Kier molecular flexibility index (Phi) is 2.38. The van der Waals surface area contributed by atoms with Crippen molar-refractivity contribution in [3.8, 4) is 0 Å². The van der Waals surface area contributed by atoms with E-state index >= 15 is 0 Å². The van der Waals surface area contributed by atoms with Crippen LogP contribution in [0.1, 0.15) is 17.2 Å². The number of nitro groups is 1. The van der Waals surface area contributed by atoms with Gasteiger partial charge in [0.2, 0.25) is 6.33 Å². The first-order chi connectivity index (χ1) is 8.66. The smallest absolute Gasteiger partial charge is 0.381 e. The van der Waals surface area contributed by atoms with Gasteiger partial charge < -0.3 is 19.8 Å². The lowest BCUT2D eigenvalue weighted by atomic mass is 10.1. The van der Waals surface area contributed by atoms with E-state index in [0.29, 0.717) is 6.42 Å². The normalized spacial score (nSPS) is 21.8. The molecule has 92 valence electrons. The van der Waals surface area contributed by atoms with Crippen LogP contribution in [0.2, 0.25) is 0 Å². The maximum atomic E-state index is 10.6. The summed E-state index contributed by atoms with van der Waals surface area (Å²) < 4.78 is 1.61. The Morgan fingerprint density at radius 1 is 1.44 bits per heavy atom. The first-order valence-corrected chi connectivity index (χ1v) is 5.60. The van der Waals surface area contributed by atoms with E-state index in [1.54, 1.807) is 4.57 Å². The van der Waals surface area contributed by atoms with E-state index in [4.69, 9.17) is 0 Å². The highest BCUT2D eigenvalue weighted by molar-refractivity contribution is 5.37. The predicted octanol–water partition coefficient (Wildman–Crippen LogP) is 1.30. The van der Waals surface area contributed by atoms with Crippen molar-refractivity contribution >= 4 is 5.82 Å². The highest BCUT2D eigenvalue weighted by Gasteiger charge is 2.33. The third-order valence-electron chi connectivity index (χ3n) is 3.26. The summed E-state index contributed by atoms with van der Waals surface area (Å²) in [5.74, 6) is -0.202. The Bertz CT molecular complexity index is 608. The summed E-state index contributed by atoms with van der Waals surface area (Å²) in [6.07, 6.45) is 2.74. The van der Waals surface area contributed by atoms with Crippen molar-refractivity contribution in [1.82, 2.24) is 9.55 Å². The molecule has 0 saturated heterocycles. The first kappa shape index (κ1) is 10.9. The van der Waals surface area contributed by atoms with Crippen LogP contribution in [-0.4, -0.2) is 25.7 Å². The Labute approximate surface area is 103 Å². The molecule has 6 nitrogen and oxygen atoms in total. The van der Waals surface area contributed by atoms with Gasteiger partial charge >= 0.3 is 5.82 Å². The van der Waals surface area contributed by atoms with Gasteiger partial charge in [-0.25, -0.2) is 0 Å². The van der Waals surface area contributed by atoms with Gasteiger partial charge in [-0.2, -0.15) is 0 Å². The van der Waals surface area contributed by atoms with Gasteiger partial charge in [-0.1, -0.05) is 24.3 Å². The number of imidazole rings is 1. The van der Waals surface area contributed by atoms with E-state index < -0.39 is 11.0 Å². The fraction of sp³-hybridized carbons (Fsp3) is 0.250. The lowest BCUT2D eigenvalue weighted by Crippen LogP contribution is -2.19. The van der Waals surface area contributed by atoms with Gasteiger partial charge in [0.15, 0.2) is 0 Å². The summed E-state index contributed by atoms with van der Waals surface area (Å²) in [7, 11) is 0. The Balaban J connectivity index is 2.03. The minimum atomic E-state index is -0.573. The van der Waals surface area contributed by atoms with Crippen LogP contribution < -0.4 is 0 Å². The molecule has 0 fully saturated rings. The van der Waals surface area contributed by atoms with Crippen LogP contribution in [-0.2, 0) is 6.42 Å². The third-order valence-corrected chi connectivity index (χ3v) is 3.26. The molecule has 1 aromatic heterocycles. The molecule has 0 spiro atoms. The second-order valence-corrected chi connectivity index (χ2v) is 4.35. The molecule has 0 saturated carbocycles. The summed E-state index contributed by atoms with van der Waals surface area (Å²) in [6, 6.07) is 7.42. The van der Waals surface area contributed by atoms with E-state index in [2.05, 4.69) is 4.98 Å². The Morgan fingerprint density at radius 2 is 2.22 bits per heavy atom. The van der Waals surface area contributed by atoms with Gasteiger partial charge in [0.05, 0.1) is 12.1 Å². The average molecular weight is 245 g/mol. The SMILES string of the molecule is O=[N+]([O-])c1cn(C2c3ccccc3CC2O)cn1. The summed E-state index contributed by atoms with van der Waals surface area (Å²) in [5, 5.41) is 20.7. The second kappa shape index (κ2) is 3.92. The molecule has 1 aliphatic rings. The van der Waals surface area contributed by atoms with Crippen LogP contribution in [0.4, 0.5) is 5.82 Å². The molecule has 0 radical (unpaired) electrons. The van der Waals surface area contributed by atoms with Gasteiger partial charge in [-0.15, -0.1) is 0 Å². The molecule has 2 atom stereocenters. The second-order valence-electron chi connectivity index (χ2n) is 4.35. The van der Waals surface area contributed by atoms with E-state index in [9.17, 15) is 15.2 Å². The molecule has 6 heteroatoms. The van der Waals surface area contributed by atoms with E-state index in [1.807, 2.05) is 24.3 Å². The number of hydrogen-bond donors (Lipinski definition) is 1. The van der Waals surface area contributed by atoms with Crippen molar-refractivity contribution in [3.63, 3.8) is 0 Å². The van der Waals surface area contributed by atoms with Crippen molar-refractivity contribution in [2.45, 2.75) is 18.6 Å². The molecule has 1 heterocycles. The molecule has 18 heavy (non-hydrogen) atoms. The molecule has 1 aromatic carbocycles. The number of hydrogen-bond acceptors (Lipinski definition) is 4. The first-order valence-electron chi connectivity index (χ1n) is 5.60. The van der Waals surface area contributed by atoms with E-state index in [1.165, 1.54) is 12.5 Å². The molecule has 0 bridgehead atoms. The topological polar surface area (TPSA) is 81.2 Å². The molecule has 3 rings (SSSR count). The lowest BCUT2D eigenvalue weighted by molar-refractivity contribution is -0.389. The summed E-state index contributed by atoms with van der Waals surface area (Å²) in [4.78, 5) is 13.8. The van der Waals surface area contributed by atoms with Crippen LogP contribution in [0, 0.1) is 10.1 Å². The number of aliphatic hydroxyl groups is 1. The number of aromatic nitrogens is 2. The van der Waals surface area contributed by atoms with Crippen LogP contribution in [0.25, 0.3) is 0 Å². The number of fused-ring (bicyclic) bond motifs is 1.